The van der Waals surface area contributed by atoms with Gasteiger partial charge >= 0.3 is 0 Å². The Morgan fingerprint density at radius 1 is 1.12 bits per heavy atom. The molecule has 1 aliphatic rings. The smallest absolute Gasteiger partial charge is 0.255 e. The third-order valence-electron chi connectivity index (χ3n) is 4.11. The molecule has 0 aromatic heterocycles. The first-order chi connectivity index (χ1) is 12.0. The van der Waals surface area contributed by atoms with Gasteiger partial charge in [0, 0.05) is 11.4 Å². The van der Waals surface area contributed by atoms with Crippen LogP contribution in [0.25, 0.3) is 0 Å². The average molecular weight is 355 g/mol. The van der Waals surface area contributed by atoms with Crippen LogP contribution in [0, 0.1) is 12.7 Å². The van der Waals surface area contributed by atoms with E-state index >= 15 is 0 Å². The molecule has 3 N–H and O–H groups in total. The maximum atomic E-state index is 13.2. The van der Waals surface area contributed by atoms with Crippen molar-refractivity contribution < 1.29 is 9.18 Å². The molecule has 0 radical (unpaired) electrons. The van der Waals surface area contributed by atoms with Crippen molar-refractivity contribution in [2.45, 2.75) is 19.9 Å². The van der Waals surface area contributed by atoms with Crippen LogP contribution in [-0.4, -0.2) is 11.0 Å². The molecule has 0 spiro atoms. The van der Waals surface area contributed by atoms with Gasteiger partial charge in [0.1, 0.15) is 5.82 Å². The first-order valence-corrected chi connectivity index (χ1v) is 8.27. The first kappa shape index (κ1) is 17.1. The normalized spacial score (nSPS) is 16.9. The minimum absolute atomic E-state index is 0.233. The van der Waals surface area contributed by atoms with Crippen LogP contribution in [0.4, 0.5) is 10.1 Å². The third-order valence-corrected chi connectivity index (χ3v) is 4.33. The van der Waals surface area contributed by atoms with Gasteiger partial charge in [-0.15, -0.1) is 0 Å². The molecule has 6 heteroatoms. The zero-order valence-electron chi connectivity index (χ0n) is 13.9. The number of amides is 1. The summed E-state index contributed by atoms with van der Waals surface area (Å²) < 4.78 is 13.2. The number of aryl methyl sites for hydroxylation is 1. The molecule has 0 saturated carbocycles. The molecule has 0 saturated heterocycles. The van der Waals surface area contributed by atoms with E-state index in [2.05, 4.69) is 16.0 Å². The van der Waals surface area contributed by atoms with Crippen LogP contribution in [0.5, 0.6) is 0 Å². The molecule has 1 atom stereocenters. The largest absolute Gasteiger partial charge is 0.351 e. The Morgan fingerprint density at radius 2 is 1.80 bits per heavy atom. The van der Waals surface area contributed by atoms with Gasteiger partial charge < -0.3 is 16.0 Å². The van der Waals surface area contributed by atoms with Crippen LogP contribution < -0.4 is 16.0 Å². The van der Waals surface area contributed by atoms with Crippen molar-refractivity contribution in [2.75, 3.05) is 5.32 Å². The Bertz CT molecular complexity index is 861. The van der Waals surface area contributed by atoms with Gasteiger partial charge in [0.2, 0.25) is 0 Å². The second-order valence-corrected chi connectivity index (χ2v) is 6.30. The highest BCUT2D eigenvalue weighted by Gasteiger charge is 2.30. The third kappa shape index (κ3) is 3.69. The van der Waals surface area contributed by atoms with E-state index in [9.17, 15) is 9.18 Å². The number of hydrogen-bond acceptors (Lipinski definition) is 2. The number of hydrogen-bond donors (Lipinski definition) is 3. The molecule has 0 bridgehead atoms. The summed E-state index contributed by atoms with van der Waals surface area (Å²) in [5, 5.41) is 9.45. The van der Waals surface area contributed by atoms with Crippen LogP contribution >= 0.6 is 12.2 Å². The van der Waals surface area contributed by atoms with E-state index in [0.29, 0.717) is 16.4 Å². The molecule has 1 heterocycles. The zero-order chi connectivity index (χ0) is 18.0. The van der Waals surface area contributed by atoms with Gasteiger partial charge in [-0.25, -0.2) is 4.39 Å². The summed E-state index contributed by atoms with van der Waals surface area (Å²) in [6, 6.07) is 13.2. The van der Waals surface area contributed by atoms with Crippen molar-refractivity contribution in [3.63, 3.8) is 0 Å². The van der Waals surface area contributed by atoms with E-state index in [1.54, 1.807) is 19.1 Å². The van der Waals surface area contributed by atoms with Gasteiger partial charge in [0.05, 0.1) is 11.6 Å². The molecule has 128 valence electrons. The van der Waals surface area contributed by atoms with Crippen molar-refractivity contribution >= 4 is 28.9 Å². The van der Waals surface area contributed by atoms with Crippen LogP contribution in [0.15, 0.2) is 59.8 Å². The topological polar surface area (TPSA) is 53.2 Å². The number of thiocarbonyl (C=S) groups is 1. The Hall–Kier alpha value is -2.73. The van der Waals surface area contributed by atoms with Crippen molar-refractivity contribution in [1.29, 1.82) is 0 Å². The van der Waals surface area contributed by atoms with Crippen molar-refractivity contribution in [2.24, 2.45) is 0 Å². The fourth-order valence-corrected chi connectivity index (χ4v) is 3.07. The maximum absolute atomic E-state index is 13.2. The molecule has 2 aromatic carbocycles. The Kier molecular flexibility index (Phi) is 4.81. The minimum atomic E-state index is -0.446. The van der Waals surface area contributed by atoms with E-state index in [0.717, 1.165) is 16.8 Å². The van der Waals surface area contributed by atoms with Crippen LogP contribution in [0.2, 0.25) is 0 Å². The Balaban J connectivity index is 1.96. The highest BCUT2D eigenvalue weighted by molar-refractivity contribution is 7.80. The van der Waals surface area contributed by atoms with Gasteiger partial charge in [0.25, 0.3) is 5.91 Å². The quantitative estimate of drug-likeness (QED) is 0.737. The van der Waals surface area contributed by atoms with E-state index in [4.69, 9.17) is 12.2 Å². The summed E-state index contributed by atoms with van der Waals surface area (Å²) in [5.74, 6) is -0.560. The highest BCUT2D eigenvalue weighted by Crippen LogP contribution is 2.28. The summed E-state index contributed by atoms with van der Waals surface area (Å²) in [7, 11) is 0. The van der Waals surface area contributed by atoms with Crippen LogP contribution in [0.1, 0.15) is 24.1 Å². The van der Waals surface area contributed by atoms with E-state index in [1.165, 1.54) is 12.1 Å². The fraction of sp³-hybridized carbons (Fsp3) is 0.158. The van der Waals surface area contributed by atoms with E-state index in [1.807, 2.05) is 31.2 Å². The number of benzene rings is 2. The molecular formula is C19H18FN3OS. The Labute approximate surface area is 151 Å². The summed E-state index contributed by atoms with van der Waals surface area (Å²) >= 11 is 5.21. The van der Waals surface area contributed by atoms with Gasteiger partial charge in [0.15, 0.2) is 5.11 Å². The number of carbonyl (C=O) groups excluding carboxylic acids is 1. The zero-order valence-corrected chi connectivity index (χ0v) is 14.7. The predicted octanol–water partition coefficient (Wildman–Crippen LogP) is 3.57. The number of allylic oxidation sites excluding steroid dienone is 1. The maximum Gasteiger partial charge on any atom is 0.255 e. The number of anilines is 1. The van der Waals surface area contributed by atoms with Gasteiger partial charge in [-0.05, 0) is 55.4 Å². The lowest BCUT2D eigenvalue weighted by molar-refractivity contribution is -0.113. The molecular weight excluding hydrogens is 337 g/mol. The molecule has 1 aliphatic heterocycles. The molecule has 4 nitrogen and oxygen atoms in total. The SMILES string of the molecule is CC1=C(C(=O)Nc2ccccc2C)[C@@H](c2ccc(F)cc2)NC(=S)N1. The summed E-state index contributed by atoms with van der Waals surface area (Å²) in [5.41, 5.74) is 3.67. The summed E-state index contributed by atoms with van der Waals surface area (Å²) in [6.45, 7) is 3.73. The molecule has 0 unspecified atom stereocenters. The predicted molar refractivity (Wildman–Crippen MR) is 101 cm³/mol. The number of halogens is 1. The molecule has 25 heavy (non-hydrogen) atoms. The van der Waals surface area contributed by atoms with Gasteiger partial charge in [-0.2, -0.15) is 0 Å². The number of nitrogens with one attached hydrogen (secondary N) is 3. The molecule has 3 rings (SSSR count). The second-order valence-electron chi connectivity index (χ2n) is 5.89. The average Bonchev–Trinajstić information content (AvgIpc) is 2.57. The highest BCUT2D eigenvalue weighted by atomic mass is 32.1. The fourth-order valence-electron chi connectivity index (χ4n) is 2.80. The second kappa shape index (κ2) is 7.03. The molecule has 0 fully saturated rings. The van der Waals surface area contributed by atoms with Gasteiger partial charge in [-0.1, -0.05) is 30.3 Å². The standard InChI is InChI=1S/C19H18FN3OS/c1-11-5-3-4-6-15(11)22-18(24)16-12(2)21-19(25)23-17(16)13-7-9-14(20)10-8-13/h3-10,17H,1-2H3,(H,22,24)(H2,21,23,25)/t17-/m1/s1. The van der Waals surface area contributed by atoms with Crippen molar-refractivity contribution in [3.05, 3.63) is 76.7 Å². The van der Waals surface area contributed by atoms with E-state index < -0.39 is 6.04 Å². The van der Waals surface area contributed by atoms with Crippen LogP contribution in [0.3, 0.4) is 0 Å². The number of rotatable bonds is 3. The van der Waals surface area contributed by atoms with Gasteiger partial charge in [-0.3, -0.25) is 4.79 Å². The van der Waals surface area contributed by atoms with E-state index in [-0.39, 0.29) is 11.7 Å². The minimum Gasteiger partial charge on any atom is -0.351 e. The Morgan fingerprint density at radius 3 is 2.48 bits per heavy atom. The lowest BCUT2D eigenvalue weighted by Crippen LogP contribution is -2.45. The first-order valence-electron chi connectivity index (χ1n) is 7.86. The van der Waals surface area contributed by atoms with Crippen molar-refractivity contribution in [3.8, 4) is 0 Å². The molecule has 1 amide bonds. The number of carbonyl (C=O) groups is 1. The molecule has 0 aliphatic carbocycles. The molecule has 2 aromatic rings. The lowest BCUT2D eigenvalue weighted by Gasteiger charge is -2.30. The van der Waals surface area contributed by atoms with Crippen LogP contribution in [-0.2, 0) is 4.79 Å². The van der Waals surface area contributed by atoms with Crippen molar-refractivity contribution in [1.82, 2.24) is 10.6 Å². The summed E-state index contributed by atoms with van der Waals surface area (Å²) in [6.07, 6.45) is 0. The monoisotopic (exact) mass is 355 g/mol. The lowest BCUT2D eigenvalue weighted by atomic mass is 9.95. The number of para-hydroxylation sites is 1. The summed E-state index contributed by atoms with van der Waals surface area (Å²) in [4.78, 5) is 12.9.